The first-order valence-corrected chi connectivity index (χ1v) is 6.29. The van der Waals surface area contributed by atoms with E-state index in [1.54, 1.807) is 11.3 Å². The van der Waals surface area contributed by atoms with E-state index >= 15 is 0 Å². The maximum atomic E-state index is 6.09. The summed E-state index contributed by atoms with van der Waals surface area (Å²) in [6.07, 6.45) is 0. The highest BCUT2D eigenvalue weighted by Crippen LogP contribution is 2.32. The molecule has 1 N–H and O–H groups in total. The summed E-state index contributed by atoms with van der Waals surface area (Å²) in [4.78, 5) is 9.72. The standard InChI is InChI=1S/C11H12ClN3S/c1-3-13-11-14-7(2)6-9(15-11)10-8(12)4-5-16-10/h4-6H,3H2,1-2H3,(H,13,14,15). The molecule has 2 heterocycles. The predicted octanol–water partition coefficient (Wildman–Crippen LogP) is 3.60. The summed E-state index contributed by atoms with van der Waals surface area (Å²) in [5.74, 6) is 0.655. The van der Waals surface area contributed by atoms with Gasteiger partial charge < -0.3 is 5.32 Å². The van der Waals surface area contributed by atoms with Gasteiger partial charge in [0, 0.05) is 12.2 Å². The number of rotatable bonds is 3. The van der Waals surface area contributed by atoms with Gasteiger partial charge in [0.1, 0.15) is 0 Å². The predicted molar refractivity (Wildman–Crippen MR) is 69.3 cm³/mol. The quantitative estimate of drug-likeness (QED) is 0.908. The lowest BCUT2D eigenvalue weighted by molar-refractivity contribution is 1.06. The summed E-state index contributed by atoms with van der Waals surface area (Å²) >= 11 is 7.67. The summed E-state index contributed by atoms with van der Waals surface area (Å²) in [5, 5.41) is 5.81. The van der Waals surface area contributed by atoms with E-state index in [0.717, 1.165) is 27.8 Å². The van der Waals surface area contributed by atoms with Gasteiger partial charge in [-0.15, -0.1) is 11.3 Å². The van der Waals surface area contributed by atoms with Crippen molar-refractivity contribution in [2.75, 3.05) is 11.9 Å². The highest BCUT2D eigenvalue weighted by molar-refractivity contribution is 7.14. The van der Waals surface area contributed by atoms with Gasteiger partial charge in [0.15, 0.2) is 0 Å². The Hall–Kier alpha value is -1.13. The van der Waals surface area contributed by atoms with E-state index in [4.69, 9.17) is 11.6 Å². The number of aromatic nitrogens is 2. The number of hydrogen-bond acceptors (Lipinski definition) is 4. The van der Waals surface area contributed by atoms with Crippen LogP contribution in [0.5, 0.6) is 0 Å². The highest BCUT2D eigenvalue weighted by atomic mass is 35.5. The van der Waals surface area contributed by atoms with Gasteiger partial charge in [0.05, 0.1) is 15.6 Å². The summed E-state index contributed by atoms with van der Waals surface area (Å²) in [6, 6.07) is 3.82. The van der Waals surface area contributed by atoms with Crippen molar-refractivity contribution in [2.45, 2.75) is 13.8 Å². The Bertz CT molecular complexity index is 496. The van der Waals surface area contributed by atoms with Crippen LogP contribution < -0.4 is 5.32 Å². The van der Waals surface area contributed by atoms with E-state index in [9.17, 15) is 0 Å². The molecule has 0 amide bonds. The number of nitrogens with one attached hydrogen (secondary N) is 1. The van der Waals surface area contributed by atoms with Crippen molar-refractivity contribution < 1.29 is 0 Å². The lowest BCUT2D eigenvalue weighted by Gasteiger charge is -2.05. The molecule has 0 aliphatic carbocycles. The molecule has 0 aliphatic heterocycles. The molecule has 0 atom stereocenters. The molecule has 16 heavy (non-hydrogen) atoms. The Kier molecular flexibility index (Phi) is 3.41. The average molecular weight is 254 g/mol. The molecule has 84 valence electrons. The van der Waals surface area contributed by atoms with Crippen LogP contribution >= 0.6 is 22.9 Å². The van der Waals surface area contributed by atoms with Crippen molar-refractivity contribution in [2.24, 2.45) is 0 Å². The second-order valence-corrected chi connectivity index (χ2v) is 4.67. The van der Waals surface area contributed by atoms with Gasteiger partial charge in [-0.3, -0.25) is 0 Å². The molecule has 0 aliphatic rings. The molecule has 0 bridgehead atoms. The lowest BCUT2D eigenvalue weighted by Crippen LogP contribution is -2.03. The van der Waals surface area contributed by atoms with Crippen LogP contribution in [0.1, 0.15) is 12.6 Å². The van der Waals surface area contributed by atoms with Crippen molar-refractivity contribution in [1.29, 1.82) is 0 Å². The Labute approximate surface area is 104 Å². The van der Waals surface area contributed by atoms with E-state index < -0.39 is 0 Å². The summed E-state index contributed by atoms with van der Waals surface area (Å²) in [6.45, 7) is 4.78. The van der Waals surface area contributed by atoms with Gasteiger partial charge in [-0.1, -0.05) is 11.6 Å². The minimum absolute atomic E-state index is 0.655. The van der Waals surface area contributed by atoms with Crippen LogP contribution in [0, 0.1) is 6.92 Å². The number of anilines is 1. The van der Waals surface area contributed by atoms with Gasteiger partial charge >= 0.3 is 0 Å². The third-order valence-electron chi connectivity index (χ3n) is 2.04. The largest absolute Gasteiger partial charge is 0.354 e. The molecule has 3 nitrogen and oxygen atoms in total. The number of hydrogen-bond donors (Lipinski definition) is 1. The Balaban J connectivity index is 2.45. The number of halogens is 1. The first-order chi connectivity index (χ1) is 7.70. The topological polar surface area (TPSA) is 37.8 Å². The molecule has 0 unspecified atom stereocenters. The first-order valence-electron chi connectivity index (χ1n) is 5.03. The summed E-state index contributed by atoms with van der Waals surface area (Å²) in [5.41, 5.74) is 1.81. The summed E-state index contributed by atoms with van der Waals surface area (Å²) in [7, 11) is 0. The molecule has 2 aromatic rings. The summed E-state index contributed by atoms with van der Waals surface area (Å²) < 4.78 is 0. The molecule has 2 aromatic heterocycles. The van der Waals surface area contributed by atoms with Crippen LogP contribution in [0.25, 0.3) is 10.6 Å². The maximum Gasteiger partial charge on any atom is 0.223 e. The molecule has 0 radical (unpaired) electrons. The van der Waals surface area contributed by atoms with Crippen molar-refractivity contribution in [1.82, 2.24) is 9.97 Å². The molecule has 0 saturated carbocycles. The van der Waals surface area contributed by atoms with Crippen molar-refractivity contribution in [3.63, 3.8) is 0 Å². The van der Waals surface area contributed by atoms with Gasteiger partial charge in [0.25, 0.3) is 0 Å². The van der Waals surface area contributed by atoms with Crippen molar-refractivity contribution in [3.05, 3.63) is 28.2 Å². The Morgan fingerprint density at radius 1 is 1.44 bits per heavy atom. The van der Waals surface area contributed by atoms with Gasteiger partial charge in [-0.05, 0) is 31.4 Å². The fraction of sp³-hybridized carbons (Fsp3) is 0.273. The maximum absolute atomic E-state index is 6.09. The van der Waals surface area contributed by atoms with Crippen LogP contribution in [-0.2, 0) is 0 Å². The normalized spacial score (nSPS) is 10.4. The zero-order chi connectivity index (χ0) is 11.5. The zero-order valence-corrected chi connectivity index (χ0v) is 10.7. The highest BCUT2D eigenvalue weighted by Gasteiger charge is 2.08. The number of nitrogens with zero attached hydrogens (tertiary/aromatic N) is 2. The van der Waals surface area contributed by atoms with Gasteiger partial charge in [-0.2, -0.15) is 0 Å². The fourth-order valence-corrected chi connectivity index (χ4v) is 2.51. The third-order valence-corrected chi connectivity index (χ3v) is 3.40. The fourth-order valence-electron chi connectivity index (χ4n) is 1.40. The zero-order valence-electron chi connectivity index (χ0n) is 9.12. The number of thiophene rings is 1. The van der Waals surface area contributed by atoms with Crippen LogP contribution in [0.3, 0.4) is 0 Å². The van der Waals surface area contributed by atoms with E-state index in [1.807, 2.05) is 31.4 Å². The first kappa shape index (κ1) is 11.4. The molecule has 5 heteroatoms. The number of aryl methyl sites for hydroxylation is 1. The molecule has 0 saturated heterocycles. The van der Waals surface area contributed by atoms with Crippen molar-refractivity contribution in [3.8, 4) is 10.6 Å². The molecule has 0 aromatic carbocycles. The average Bonchev–Trinajstić information content (AvgIpc) is 2.64. The Morgan fingerprint density at radius 3 is 2.88 bits per heavy atom. The van der Waals surface area contributed by atoms with Crippen LogP contribution in [0.15, 0.2) is 17.5 Å². The lowest BCUT2D eigenvalue weighted by atomic mass is 10.3. The van der Waals surface area contributed by atoms with Gasteiger partial charge in [0.2, 0.25) is 5.95 Å². The Morgan fingerprint density at radius 2 is 2.25 bits per heavy atom. The molecular formula is C11H12ClN3S. The third kappa shape index (κ3) is 2.33. The van der Waals surface area contributed by atoms with Crippen molar-refractivity contribution >= 4 is 28.9 Å². The van der Waals surface area contributed by atoms with E-state index in [0.29, 0.717) is 5.95 Å². The minimum Gasteiger partial charge on any atom is -0.354 e. The second-order valence-electron chi connectivity index (χ2n) is 3.35. The molecule has 0 spiro atoms. The smallest absolute Gasteiger partial charge is 0.223 e. The van der Waals surface area contributed by atoms with Crippen LogP contribution in [0.2, 0.25) is 5.02 Å². The van der Waals surface area contributed by atoms with E-state index in [1.165, 1.54) is 0 Å². The second kappa shape index (κ2) is 4.80. The van der Waals surface area contributed by atoms with Crippen LogP contribution in [0.4, 0.5) is 5.95 Å². The van der Waals surface area contributed by atoms with E-state index in [-0.39, 0.29) is 0 Å². The van der Waals surface area contributed by atoms with E-state index in [2.05, 4.69) is 15.3 Å². The minimum atomic E-state index is 0.655. The van der Waals surface area contributed by atoms with Crippen LogP contribution in [-0.4, -0.2) is 16.5 Å². The molecule has 2 rings (SSSR count). The monoisotopic (exact) mass is 253 g/mol. The van der Waals surface area contributed by atoms with Gasteiger partial charge in [-0.25, -0.2) is 9.97 Å². The SMILES string of the molecule is CCNc1nc(C)cc(-c2sccc2Cl)n1. The molecule has 0 fully saturated rings. The molecular weight excluding hydrogens is 242 g/mol.